The van der Waals surface area contributed by atoms with Crippen LogP contribution in [-0.4, -0.2) is 49.5 Å². The van der Waals surface area contributed by atoms with Gasteiger partial charge in [0.1, 0.15) is 22.8 Å². The van der Waals surface area contributed by atoms with E-state index >= 15 is 0 Å². The number of aliphatic hydroxyl groups is 3. The summed E-state index contributed by atoms with van der Waals surface area (Å²) in [5.74, 6) is -7.02. The maximum Gasteiger partial charge on any atom is 0.255 e. The summed E-state index contributed by atoms with van der Waals surface area (Å²) in [6.07, 6.45) is 0.259. The van der Waals surface area contributed by atoms with Crippen molar-refractivity contribution in [1.29, 1.82) is 0 Å². The predicted octanol–water partition coefficient (Wildman–Crippen LogP) is -0.482. The Hall–Kier alpha value is -3.17. The molecule has 9 nitrogen and oxygen atoms in total. The van der Waals surface area contributed by atoms with Crippen LogP contribution in [0.4, 0.5) is 0 Å². The van der Waals surface area contributed by atoms with Crippen molar-refractivity contribution in [3.05, 3.63) is 52.0 Å². The van der Waals surface area contributed by atoms with Crippen molar-refractivity contribution in [1.82, 2.24) is 0 Å². The second-order valence-corrected chi connectivity index (χ2v) is 7.39. The molecule has 0 fully saturated rings. The summed E-state index contributed by atoms with van der Waals surface area (Å²) < 4.78 is 0. The Morgan fingerprint density at radius 1 is 1.18 bits per heavy atom. The molecule has 1 amide bonds. The molecule has 3 aliphatic rings. The Labute approximate surface area is 158 Å². The number of nitrogens with two attached hydrogens (primary N) is 2. The quantitative estimate of drug-likeness (QED) is 0.349. The Bertz CT molecular complexity index is 1030. The highest BCUT2D eigenvalue weighted by atomic mass is 16.3. The van der Waals surface area contributed by atoms with Gasteiger partial charge in [-0.1, -0.05) is 12.1 Å². The lowest BCUT2D eigenvalue weighted by molar-refractivity contribution is -0.145. The second-order valence-electron chi connectivity index (χ2n) is 7.39. The highest BCUT2D eigenvalue weighted by Gasteiger charge is 2.62. The fraction of sp³-hybridized carbons (Fsp3) is 0.316. The van der Waals surface area contributed by atoms with E-state index in [0.717, 1.165) is 0 Å². The number of rotatable bonds is 1. The van der Waals surface area contributed by atoms with Gasteiger partial charge in [-0.15, -0.1) is 0 Å². The lowest BCUT2D eigenvalue weighted by Crippen LogP contribution is -2.63. The molecule has 0 radical (unpaired) electrons. The Morgan fingerprint density at radius 3 is 2.50 bits per heavy atom. The number of phenolic OH excluding ortho intramolecular Hbond substituents is 1. The molecule has 0 spiro atoms. The molecule has 28 heavy (non-hydrogen) atoms. The van der Waals surface area contributed by atoms with Gasteiger partial charge in [0.15, 0.2) is 11.4 Å². The number of carbonyl (C=O) groups is 3. The van der Waals surface area contributed by atoms with Crippen LogP contribution in [0.2, 0.25) is 0 Å². The fourth-order valence-corrected chi connectivity index (χ4v) is 4.65. The predicted molar refractivity (Wildman–Crippen MR) is 94.2 cm³/mol. The van der Waals surface area contributed by atoms with Crippen molar-refractivity contribution in [3.8, 4) is 5.75 Å². The summed E-state index contributed by atoms with van der Waals surface area (Å²) in [6.45, 7) is 0. The lowest BCUT2D eigenvalue weighted by Gasteiger charge is -2.47. The molecule has 8 N–H and O–H groups in total. The van der Waals surface area contributed by atoms with Crippen LogP contribution in [-0.2, 0) is 16.0 Å². The SMILES string of the molecule is NC(=O)C1=C(O)C(N)[C@@H]2C[C@@H]3Cc4cccc(O)c4C(=O)C3=C(O)[C@]2(O)C1=O. The first-order chi connectivity index (χ1) is 13.1. The first kappa shape index (κ1) is 18.2. The van der Waals surface area contributed by atoms with Crippen LogP contribution in [0.1, 0.15) is 22.3 Å². The van der Waals surface area contributed by atoms with E-state index in [1.165, 1.54) is 6.07 Å². The number of amides is 1. The van der Waals surface area contributed by atoms with Crippen LogP contribution in [0.15, 0.2) is 40.9 Å². The second kappa shape index (κ2) is 5.66. The number of Topliss-reactive ketones (excluding diaryl/α,β-unsaturated/α-hetero) is 2. The topological polar surface area (TPSA) is 184 Å². The number of carbonyl (C=O) groups excluding carboxylic acids is 3. The number of ketones is 2. The minimum Gasteiger partial charge on any atom is -0.510 e. The molecule has 1 aromatic rings. The molecule has 1 aromatic carbocycles. The third-order valence-corrected chi connectivity index (χ3v) is 5.99. The van der Waals surface area contributed by atoms with Crippen LogP contribution in [0.25, 0.3) is 0 Å². The van der Waals surface area contributed by atoms with Crippen molar-refractivity contribution in [2.24, 2.45) is 23.3 Å². The molecule has 0 saturated heterocycles. The van der Waals surface area contributed by atoms with Crippen molar-refractivity contribution in [2.75, 3.05) is 0 Å². The summed E-state index contributed by atoms with van der Waals surface area (Å²) in [5, 5.41) is 42.2. The summed E-state index contributed by atoms with van der Waals surface area (Å²) in [4.78, 5) is 37.4. The third-order valence-electron chi connectivity index (χ3n) is 5.99. The molecule has 0 saturated carbocycles. The summed E-state index contributed by atoms with van der Waals surface area (Å²) in [5.41, 5.74) is 7.87. The molecule has 9 heteroatoms. The molecule has 4 atom stereocenters. The Balaban J connectivity index is 1.95. The van der Waals surface area contributed by atoms with Crippen LogP contribution < -0.4 is 11.5 Å². The van der Waals surface area contributed by atoms with Gasteiger partial charge in [0.05, 0.1) is 11.6 Å². The van der Waals surface area contributed by atoms with E-state index in [2.05, 4.69) is 0 Å². The van der Waals surface area contributed by atoms with Gasteiger partial charge in [0.2, 0.25) is 5.78 Å². The minimum absolute atomic E-state index is 0.000260. The van der Waals surface area contributed by atoms with Gasteiger partial charge >= 0.3 is 0 Å². The molecule has 146 valence electrons. The van der Waals surface area contributed by atoms with Crippen molar-refractivity contribution in [2.45, 2.75) is 24.5 Å². The Kier molecular flexibility index (Phi) is 3.68. The average molecular weight is 386 g/mol. The zero-order valence-corrected chi connectivity index (χ0v) is 14.5. The number of allylic oxidation sites excluding steroid dienone is 1. The molecule has 3 aliphatic carbocycles. The average Bonchev–Trinajstić information content (AvgIpc) is 2.62. The first-order valence-corrected chi connectivity index (χ1v) is 8.65. The van der Waals surface area contributed by atoms with Gasteiger partial charge in [0.25, 0.3) is 5.91 Å². The van der Waals surface area contributed by atoms with E-state index in [-0.39, 0.29) is 29.7 Å². The fourth-order valence-electron chi connectivity index (χ4n) is 4.65. The highest BCUT2D eigenvalue weighted by molar-refractivity contribution is 6.24. The third kappa shape index (κ3) is 2.05. The van der Waals surface area contributed by atoms with Gasteiger partial charge < -0.3 is 31.9 Å². The van der Waals surface area contributed by atoms with Gasteiger partial charge in [-0.2, -0.15) is 0 Å². The van der Waals surface area contributed by atoms with Crippen molar-refractivity contribution >= 4 is 17.5 Å². The van der Waals surface area contributed by atoms with Crippen molar-refractivity contribution in [3.63, 3.8) is 0 Å². The van der Waals surface area contributed by atoms with Gasteiger partial charge in [-0.05, 0) is 30.4 Å². The number of hydrogen-bond donors (Lipinski definition) is 6. The van der Waals surface area contributed by atoms with Crippen LogP contribution >= 0.6 is 0 Å². The van der Waals surface area contributed by atoms with E-state index in [1.807, 2.05) is 0 Å². The minimum atomic E-state index is -2.67. The number of phenols is 1. The van der Waals surface area contributed by atoms with Gasteiger partial charge in [-0.3, -0.25) is 14.4 Å². The van der Waals surface area contributed by atoms with Crippen LogP contribution in [0.3, 0.4) is 0 Å². The van der Waals surface area contributed by atoms with E-state index in [1.54, 1.807) is 12.1 Å². The largest absolute Gasteiger partial charge is 0.510 e. The Morgan fingerprint density at radius 2 is 1.86 bits per heavy atom. The van der Waals surface area contributed by atoms with E-state index in [0.29, 0.717) is 5.56 Å². The van der Waals surface area contributed by atoms with Gasteiger partial charge in [-0.25, -0.2) is 0 Å². The molecule has 1 unspecified atom stereocenters. The number of primary amides is 1. The van der Waals surface area contributed by atoms with Crippen LogP contribution in [0.5, 0.6) is 5.75 Å². The highest BCUT2D eigenvalue weighted by Crippen LogP contribution is 2.50. The van der Waals surface area contributed by atoms with E-state index in [9.17, 15) is 34.8 Å². The maximum atomic E-state index is 13.0. The number of hydrogen-bond acceptors (Lipinski definition) is 8. The molecular formula is C19H18N2O7. The van der Waals surface area contributed by atoms with E-state index < -0.39 is 58.0 Å². The molecule has 0 bridgehead atoms. The molecular weight excluding hydrogens is 368 g/mol. The zero-order valence-electron chi connectivity index (χ0n) is 14.5. The summed E-state index contributed by atoms with van der Waals surface area (Å²) in [6, 6.07) is 3.23. The number of aromatic hydroxyl groups is 1. The summed E-state index contributed by atoms with van der Waals surface area (Å²) in [7, 11) is 0. The zero-order chi connectivity index (χ0) is 20.5. The maximum absolute atomic E-state index is 13.0. The molecule has 0 heterocycles. The molecule has 0 aliphatic heterocycles. The number of benzene rings is 1. The van der Waals surface area contributed by atoms with Gasteiger partial charge in [0, 0.05) is 11.5 Å². The number of fused-ring (bicyclic) bond motifs is 3. The van der Waals surface area contributed by atoms with E-state index in [4.69, 9.17) is 11.5 Å². The standard InChI is InChI=1S/C19H18N2O7/c20-13-8-5-7-4-6-2-1-3-9(22)10(6)14(23)11(7)16(25)19(8,28)17(26)12(15(13)24)18(21)27/h1-3,7-8,13,22,24-25,28H,4-5,20H2,(H2,21,27)/t7-,8-,13?,19-/m0/s1. The molecule has 0 aromatic heterocycles. The monoisotopic (exact) mass is 386 g/mol. The lowest BCUT2D eigenvalue weighted by atomic mass is 9.59. The number of aliphatic hydroxyl groups excluding tert-OH is 2. The smallest absolute Gasteiger partial charge is 0.255 e. The summed E-state index contributed by atoms with van der Waals surface area (Å²) >= 11 is 0. The normalized spacial score (nSPS) is 32.0. The molecule has 4 rings (SSSR count). The first-order valence-electron chi connectivity index (χ1n) is 8.65. The van der Waals surface area contributed by atoms with Crippen LogP contribution in [0, 0.1) is 11.8 Å². The van der Waals surface area contributed by atoms with Crippen molar-refractivity contribution < 1.29 is 34.8 Å².